The molecule has 0 saturated heterocycles. The molecule has 0 aliphatic carbocycles. The van der Waals surface area contributed by atoms with E-state index < -0.39 is 0 Å². The quantitative estimate of drug-likeness (QED) is 0.928. The van der Waals surface area contributed by atoms with Gasteiger partial charge in [0.2, 0.25) is 0 Å². The molecule has 2 aromatic carbocycles. The van der Waals surface area contributed by atoms with Gasteiger partial charge in [0.25, 0.3) is 5.91 Å². The summed E-state index contributed by atoms with van der Waals surface area (Å²) in [6.07, 6.45) is 0. The third kappa shape index (κ3) is 3.61. The van der Waals surface area contributed by atoms with E-state index in [2.05, 4.69) is 22.0 Å². The average Bonchev–Trinajstić information content (AvgIpc) is 2.49. The summed E-state index contributed by atoms with van der Waals surface area (Å²) in [5.74, 6) is -0.166. The van der Waals surface area contributed by atoms with Crippen LogP contribution in [0.3, 0.4) is 0 Å². The Kier molecular flexibility index (Phi) is 4.61. The molecule has 0 spiro atoms. The van der Waals surface area contributed by atoms with Crippen LogP contribution in [0.1, 0.15) is 21.5 Å². The first kappa shape index (κ1) is 15.1. The van der Waals surface area contributed by atoms with Gasteiger partial charge in [-0.15, -0.1) is 0 Å². The van der Waals surface area contributed by atoms with Crippen molar-refractivity contribution in [3.63, 3.8) is 0 Å². The largest absolute Gasteiger partial charge is 0.507 e. The molecule has 0 aromatic heterocycles. The molecule has 1 N–H and O–H groups in total. The second-order valence-electron chi connectivity index (χ2n) is 4.64. The smallest absolute Gasteiger partial charge is 0.254 e. The minimum Gasteiger partial charge on any atom is -0.507 e. The zero-order chi connectivity index (χ0) is 15.4. The molecule has 0 bridgehead atoms. The van der Waals surface area contributed by atoms with Crippen LogP contribution in [0.2, 0.25) is 0 Å². The summed E-state index contributed by atoms with van der Waals surface area (Å²) in [4.78, 5) is 13.8. The SMILES string of the molecule is CN(Cc1cccc(C#N)c1)C(=O)c1ccc(Br)c(O)c1. The van der Waals surface area contributed by atoms with Crippen LogP contribution < -0.4 is 0 Å². The van der Waals surface area contributed by atoms with Gasteiger partial charge < -0.3 is 10.0 Å². The van der Waals surface area contributed by atoms with Crippen molar-refractivity contribution >= 4 is 21.8 Å². The molecule has 0 unspecified atom stereocenters. The number of rotatable bonds is 3. The van der Waals surface area contributed by atoms with Gasteiger partial charge in [0.15, 0.2) is 0 Å². The fraction of sp³-hybridized carbons (Fsp3) is 0.125. The van der Waals surface area contributed by atoms with Crippen molar-refractivity contribution in [2.24, 2.45) is 0 Å². The Hall–Kier alpha value is -2.32. The molecule has 0 fully saturated rings. The Morgan fingerprint density at radius 1 is 1.33 bits per heavy atom. The topological polar surface area (TPSA) is 64.3 Å². The highest BCUT2D eigenvalue weighted by molar-refractivity contribution is 9.10. The summed E-state index contributed by atoms with van der Waals surface area (Å²) in [7, 11) is 1.68. The number of phenolic OH excluding ortho intramolecular Hbond substituents is 1. The minimum absolute atomic E-state index is 0.0285. The van der Waals surface area contributed by atoms with Crippen LogP contribution in [0.25, 0.3) is 0 Å². The van der Waals surface area contributed by atoms with Crippen LogP contribution in [0.5, 0.6) is 5.75 Å². The number of nitriles is 1. The Morgan fingerprint density at radius 3 is 2.76 bits per heavy atom. The van der Waals surface area contributed by atoms with E-state index in [9.17, 15) is 9.90 Å². The lowest BCUT2D eigenvalue weighted by molar-refractivity contribution is 0.0784. The minimum atomic E-state index is -0.194. The van der Waals surface area contributed by atoms with Gasteiger partial charge in [-0.3, -0.25) is 4.79 Å². The summed E-state index contributed by atoms with van der Waals surface area (Å²) >= 11 is 3.18. The summed E-state index contributed by atoms with van der Waals surface area (Å²) in [6, 6.07) is 13.9. The number of carbonyl (C=O) groups is 1. The summed E-state index contributed by atoms with van der Waals surface area (Å²) in [6.45, 7) is 0.394. The monoisotopic (exact) mass is 344 g/mol. The number of benzene rings is 2. The summed E-state index contributed by atoms with van der Waals surface area (Å²) in [5.41, 5.74) is 1.86. The fourth-order valence-corrected chi connectivity index (χ4v) is 2.20. The van der Waals surface area contributed by atoms with Gasteiger partial charge in [-0.25, -0.2) is 0 Å². The number of hydrogen-bond donors (Lipinski definition) is 1. The molecule has 2 rings (SSSR count). The van der Waals surface area contributed by atoms with Crippen molar-refractivity contribution < 1.29 is 9.90 Å². The van der Waals surface area contributed by atoms with Gasteiger partial charge in [0.05, 0.1) is 16.1 Å². The van der Waals surface area contributed by atoms with Crippen LogP contribution in [0.15, 0.2) is 46.9 Å². The highest BCUT2D eigenvalue weighted by Crippen LogP contribution is 2.25. The van der Waals surface area contributed by atoms with Gasteiger partial charge in [0, 0.05) is 19.2 Å². The van der Waals surface area contributed by atoms with Crippen LogP contribution in [-0.2, 0) is 6.54 Å². The van der Waals surface area contributed by atoms with E-state index in [1.54, 1.807) is 42.3 Å². The number of halogens is 1. The predicted molar refractivity (Wildman–Crippen MR) is 82.8 cm³/mol. The lowest BCUT2D eigenvalue weighted by Crippen LogP contribution is -2.26. The first-order valence-electron chi connectivity index (χ1n) is 6.24. The average molecular weight is 345 g/mol. The molecular weight excluding hydrogens is 332 g/mol. The van der Waals surface area contributed by atoms with Crippen molar-refractivity contribution in [3.05, 3.63) is 63.6 Å². The molecular formula is C16H13BrN2O2. The Bertz CT molecular complexity index is 722. The van der Waals surface area contributed by atoms with Crippen LogP contribution >= 0.6 is 15.9 Å². The van der Waals surface area contributed by atoms with E-state index in [0.717, 1.165) is 5.56 Å². The number of phenols is 1. The fourth-order valence-electron chi connectivity index (χ4n) is 1.95. The predicted octanol–water partition coefficient (Wildman–Crippen LogP) is 3.30. The van der Waals surface area contributed by atoms with Gasteiger partial charge in [-0.05, 0) is 51.8 Å². The summed E-state index contributed by atoms with van der Waals surface area (Å²) < 4.78 is 0.545. The van der Waals surface area contributed by atoms with Crippen LogP contribution in [0.4, 0.5) is 0 Å². The first-order chi connectivity index (χ1) is 10.0. The van der Waals surface area contributed by atoms with Crippen LogP contribution in [0, 0.1) is 11.3 Å². The first-order valence-corrected chi connectivity index (χ1v) is 7.03. The number of carbonyl (C=O) groups excluding carboxylic acids is 1. The number of hydrogen-bond acceptors (Lipinski definition) is 3. The maximum atomic E-state index is 12.3. The highest BCUT2D eigenvalue weighted by atomic mass is 79.9. The van der Waals surface area contributed by atoms with Crippen molar-refractivity contribution in [2.45, 2.75) is 6.54 Å². The second kappa shape index (κ2) is 6.42. The zero-order valence-electron chi connectivity index (χ0n) is 11.4. The second-order valence-corrected chi connectivity index (χ2v) is 5.49. The van der Waals surface area contributed by atoms with E-state index in [4.69, 9.17) is 5.26 Å². The molecule has 0 heterocycles. The van der Waals surface area contributed by atoms with Gasteiger partial charge in [-0.1, -0.05) is 12.1 Å². The number of aromatic hydroxyl groups is 1. The normalized spacial score (nSPS) is 9.95. The molecule has 4 nitrogen and oxygen atoms in total. The molecule has 21 heavy (non-hydrogen) atoms. The van der Waals surface area contributed by atoms with Gasteiger partial charge in [0.1, 0.15) is 5.75 Å². The maximum absolute atomic E-state index is 12.3. The zero-order valence-corrected chi connectivity index (χ0v) is 13.0. The molecule has 2 aromatic rings. The number of nitrogens with zero attached hydrogens (tertiary/aromatic N) is 2. The third-order valence-electron chi connectivity index (χ3n) is 3.02. The van der Waals surface area contributed by atoms with Crippen LogP contribution in [-0.4, -0.2) is 23.0 Å². The third-order valence-corrected chi connectivity index (χ3v) is 3.69. The lowest BCUT2D eigenvalue weighted by atomic mass is 10.1. The van der Waals surface area contributed by atoms with E-state index in [0.29, 0.717) is 22.1 Å². The standard InChI is InChI=1S/C16H13BrN2O2/c1-19(10-12-4-2-3-11(7-12)9-18)16(21)13-5-6-14(17)15(20)8-13/h2-8,20H,10H2,1H3. The Labute approximate surface area is 131 Å². The maximum Gasteiger partial charge on any atom is 0.254 e. The Morgan fingerprint density at radius 2 is 2.10 bits per heavy atom. The van der Waals surface area contributed by atoms with Gasteiger partial charge >= 0.3 is 0 Å². The molecule has 0 saturated carbocycles. The van der Waals surface area contributed by atoms with E-state index >= 15 is 0 Å². The van der Waals surface area contributed by atoms with E-state index in [1.165, 1.54) is 6.07 Å². The van der Waals surface area contributed by atoms with Crippen molar-refractivity contribution in [2.75, 3.05) is 7.05 Å². The van der Waals surface area contributed by atoms with E-state index in [1.807, 2.05) is 6.07 Å². The molecule has 0 aliphatic heterocycles. The summed E-state index contributed by atoms with van der Waals surface area (Å²) in [5, 5.41) is 18.5. The molecule has 1 amide bonds. The highest BCUT2D eigenvalue weighted by Gasteiger charge is 2.13. The van der Waals surface area contributed by atoms with Crippen molar-refractivity contribution in [1.82, 2.24) is 4.90 Å². The molecule has 106 valence electrons. The lowest BCUT2D eigenvalue weighted by Gasteiger charge is -2.17. The number of amides is 1. The van der Waals surface area contributed by atoms with Crippen molar-refractivity contribution in [3.8, 4) is 11.8 Å². The Balaban J connectivity index is 2.15. The molecule has 0 aliphatic rings. The molecule has 0 radical (unpaired) electrons. The van der Waals surface area contributed by atoms with Crippen molar-refractivity contribution in [1.29, 1.82) is 5.26 Å². The van der Waals surface area contributed by atoms with E-state index in [-0.39, 0.29) is 11.7 Å². The van der Waals surface area contributed by atoms with Gasteiger partial charge in [-0.2, -0.15) is 5.26 Å². The molecule has 5 heteroatoms. The molecule has 0 atom stereocenters.